The highest BCUT2D eigenvalue weighted by Crippen LogP contribution is 2.28. The summed E-state index contributed by atoms with van der Waals surface area (Å²) in [6.07, 6.45) is 3.73. The number of piperidine rings is 1. The van der Waals surface area contributed by atoms with Crippen LogP contribution in [0.25, 0.3) is 0 Å². The molecule has 2 N–H and O–H groups in total. The van der Waals surface area contributed by atoms with Gasteiger partial charge in [0.25, 0.3) is 0 Å². The summed E-state index contributed by atoms with van der Waals surface area (Å²) in [5, 5.41) is 0. The molecule has 0 aliphatic carbocycles. The van der Waals surface area contributed by atoms with Crippen LogP contribution in [0, 0.1) is 17.8 Å². The van der Waals surface area contributed by atoms with E-state index in [2.05, 4.69) is 18.7 Å². The molecule has 3 unspecified atom stereocenters. The SMILES string of the molecule is CC1CCN(C(CN)C2CCOCC2)CC1C. The van der Waals surface area contributed by atoms with E-state index in [0.717, 1.165) is 37.5 Å². The number of nitrogens with two attached hydrogens (primary N) is 1. The molecule has 2 rings (SSSR count). The summed E-state index contributed by atoms with van der Waals surface area (Å²) < 4.78 is 5.46. The van der Waals surface area contributed by atoms with E-state index in [-0.39, 0.29) is 0 Å². The van der Waals surface area contributed by atoms with Crippen LogP contribution in [-0.4, -0.2) is 43.8 Å². The predicted octanol–water partition coefficient (Wildman–Crippen LogP) is 1.72. The van der Waals surface area contributed by atoms with Crippen molar-refractivity contribution in [1.29, 1.82) is 0 Å². The smallest absolute Gasteiger partial charge is 0.0469 e. The standard InChI is InChI=1S/C14H28N2O/c1-11-3-6-16(10-12(11)2)14(9-15)13-4-7-17-8-5-13/h11-14H,3-10,15H2,1-2H3. The lowest BCUT2D eigenvalue weighted by molar-refractivity contribution is 0.00928. The molecular formula is C14H28N2O. The van der Waals surface area contributed by atoms with Gasteiger partial charge in [-0.2, -0.15) is 0 Å². The summed E-state index contributed by atoms with van der Waals surface area (Å²) in [6, 6.07) is 0.592. The second kappa shape index (κ2) is 6.17. The minimum Gasteiger partial charge on any atom is -0.381 e. The molecular weight excluding hydrogens is 212 g/mol. The van der Waals surface area contributed by atoms with Gasteiger partial charge in [-0.25, -0.2) is 0 Å². The van der Waals surface area contributed by atoms with E-state index in [0.29, 0.717) is 6.04 Å². The van der Waals surface area contributed by atoms with Crippen molar-refractivity contribution in [2.75, 3.05) is 32.8 Å². The van der Waals surface area contributed by atoms with E-state index in [9.17, 15) is 0 Å². The molecule has 3 heteroatoms. The van der Waals surface area contributed by atoms with E-state index in [1.807, 2.05) is 0 Å². The Hall–Kier alpha value is -0.120. The largest absolute Gasteiger partial charge is 0.381 e. The fourth-order valence-electron chi connectivity index (χ4n) is 3.34. The molecule has 2 heterocycles. The first-order chi connectivity index (χ1) is 8.22. The summed E-state index contributed by atoms with van der Waals surface area (Å²) in [5.74, 6) is 2.45. The Balaban J connectivity index is 1.93. The van der Waals surface area contributed by atoms with Crippen molar-refractivity contribution in [3.05, 3.63) is 0 Å². The Morgan fingerprint density at radius 3 is 2.47 bits per heavy atom. The van der Waals surface area contributed by atoms with E-state index in [1.165, 1.54) is 32.4 Å². The van der Waals surface area contributed by atoms with Crippen LogP contribution in [0.15, 0.2) is 0 Å². The normalized spacial score (nSPS) is 34.8. The van der Waals surface area contributed by atoms with Crippen LogP contribution >= 0.6 is 0 Å². The molecule has 0 radical (unpaired) electrons. The molecule has 0 bridgehead atoms. The minimum absolute atomic E-state index is 0.592. The summed E-state index contributed by atoms with van der Waals surface area (Å²) in [7, 11) is 0. The molecule has 0 spiro atoms. The van der Waals surface area contributed by atoms with Gasteiger partial charge in [0.1, 0.15) is 0 Å². The molecule has 0 amide bonds. The van der Waals surface area contributed by atoms with Crippen LogP contribution in [-0.2, 0) is 4.74 Å². The molecule has 0 aromatic carbocycles. The van der Waals surface area contributed by atoms with Crippen molar-refractivity contribution in [1.82, 2.24) is 4.90 Å². The maximum absolute atomic E-state index is 6.03. The van der Waals surface area contributed by atoms with E-state index in [4.69, 9.17) is 10.5 Å². The van der Waals surface area contributed by atoms with Crippen LogP contribution in [0.3, 0.4) is 0 Å². The van der Waals surface area contributed by atoms with Crippen LogP contribution in [0.4, 0.5) is 0 Å². The Kier molecular flexibility index (Phi) is 4.83. The van der Waals surface area contributed by atoms with Crippen LogP contribution in [0.5, 0.6) is 0 Å². The summed E-state index contributed by atoms with van der Waals surface area (Å²) in [6.45, 7) is 9.92. The van der Waals surface area contributed by atoms with Crippen molar-refractivity contribution in [3.63, 3.8) is 0 Å². The number of rotatable bonds is 3. The molecule has 0 saturated carbocycles. The highest BCUT2D eigenvalue weighted by Gasteiger charge is 2.32. The topological polar surface area (TPSA) is 38.5 Å². The molecule has 2 saturated heterocycles. The highest BCUT2D eigenvalue weighted by molar-refractivity contribution is 4.86. The molecule has 3 atom stereocenters. The van der Waals surface area contributed by atoms with Crippen LogP contribution < -0.4 is 5.73 Å². The second-order valence-corrected chi connectivity index (χ2v) is 5.99. The van der Waals surface area contributed by atoms with Gasteiger partial charge >= 0.3 is 0 Å². The Labute approximate surface area is 106 Å². The van der Waals surface area contributed by atoms with Gasteiger partial charge in [0, 0.05) is 32.3 Å². The molecule has 100 valence electrons. The lowest BCUT2D eigenvalue weighted by Gasteiger charge is -2.43. The third kappa shape index (κ3) is 3.21. The van der Waals surface area contributed by atoms with Crippen molar-refractivity contribution >= 4 is 0 Å². The van der Waals surface area contributed by atoms with Crippen LogP contribution in [0.2, 0.25) is 0 Å². The molecule has 2 aliphatic heterocycles. The lowest BCUT2D eigenvalue weighted by atomic mass is 9.84. The van der Waals surface area contributed by atoms with E-state index < -0.39 is 0 Å². The van der Waals surface area contributed by atoms with Gasteiger partial charge in [-0.1, -0.05) is 13.8 Å². The van der Waals surface area contributed by atoms with Crippen LogP contribution in [0.1, 0.15) is 33.1 Å². The quantitative estimate of drug-likeness (QED) is 0.816. The molecule has 2 fully saturated rings. The Morgan fingerprint density at radius 2 is 1.88 bits per heavy atom. The Bertz CT molecular complexity index is 228. The van der Waals surface area contributed by atoms with Gasteiger partial charge in [-0.3, -0.25) is 4.90 Å². The Morgan fingerprint density at radius 1 is 1.18 bits per heavy atom. The van der Waals surface area contributed by atoms with Gasteiger partial charge in [-0.15, -0.1) is 0 Å². The zero-order valence-electron chi connectivity index (χ0n) is 11.4. The number of ether oxygens (including phenoxy) is 1. The second-order valence-electron chi connectivity index (χ2n) is 5.99. The van der Waals surface area contributed by atoms with E-state index >= 15 is 0 Å². The zero-order chi connectivity index (χ0) is 12.3. The van der Waals surface area contributed by atoms with Crippen molar-refractivity contribution in [3.8, 4) is 0 Å². The number of likely N-dealkylation sites (tertiary alicyclic amines) is 1. The summed E-state index contributed by atoms with van der Waals surface area (Å²) in [5.41, 5.74) is 6.03. The third-order valence-corrected chi connectivity index (χ3v) is 4.89. The predicted molar refractivity (Wildman–Crippen MR) is 70.9 cm³/mol. The van der Waals surface area contributed by atoms with Gasteiger partial charge in [0.05, 0.1) is 0 Å². The van der Waals surface area contributed by atoms with Gasteiger partial charge in [0.15, 0.2) is 0 Å². The highest BCUT2D eigenvalue weighted by atomic mass is 16.5. The maximum Gasteiger partial charge on any atom is 0.0469 e. The lowest BCUT2D eigenvalue weighted by Crippen LogP contribution is -2.52. The van der Waals surface area contributed by atoms with Gasteiger partial charge in [-0.05, 0) is 43.6 Å². The molecule has 0 aromatic heterocycles. The average molecular weight is 240 g/mol. The van der Waals surface area contributed by atoms with Crippen molar-refractivity contribution in [2.45, 2.75) is 39.2 Å². The molecule has 0 aromatic rings. The number of hydrogen-bond donors (Lipinski definition) is 1. The van der Waals surface area contributed by atoms with Crippen molar-refractivity contribution in [2.24, 2.45) is 23.5 Å². The molecule has 3 nitrogen and oxygen atoms in total. The summed E-state index contributed by atoms with van der Waals surface area (Å²) in [4.78, 5) is 2.65. The molecule has 2 aliphatic rings. The zero-order valence-corrected chi connectivity index (χ0v) is 11.4. The van der Waals surface area contributed by atoms with Gasteiger partial charge < -0.3 is 10.5 Å². The first-order valence-electron chi connectivity index (χ1n) is 7.24. The average Bonchev–Trinajstić information content (AvgIpc) is 2.36. The number of nitrogens with zero attached hydrogens (tertiary/aromatic N) is 1. The van der Waals surface area contributed by atoms with Crippen molar-refractivity contribution < 1.29 is 4.74 Å². The first kappa shape index (κ1) is 13.3. The maximum atomic E-state index is 6.03. The number of hydrogen-bond acceptors (Lipinski definition) is 3. The third-order valence-electron chi connectivity index (χ3n) is 4.89. The van der Waals surface area contributed by atoms with E-state index in [1.54, 1.807) is 0 Å². The minimum atomic E-state index is 0.592. The first-order valence-corrected chi connectivity index (χ1v) is 7.24. The fourth-order valence-corrected chi connectivity index (χ4v) is 3.34. The van der Waals surface area contributed by atoms with Gasteiger partial charge in [0.2, 0.25) is 0 Å². The molecule has 17 heavy (non-hydrogen) atoms. The monoisotopic (exact) mass is 240 g/mol. The fraction of sp³-hybridized carbons (Fsp3) is 1.00. The summed E-state index contributed by atoms with van der Waals surface area (Å²) >= 11 is 0.